The van der Waals surface area contributed by atoms with E-state index in [9.17, 15) is 10.1 Å². The number of fused-ring (bicyclic) bond motifs is 1. The molecule has 2 heterocycles. The van der Waals surface area contributed by atoms with E-state index >= 15 is 0 Å². The highest BCUT2D eigenvalue weighted by atomic mass is 16.6. The molecule has 144 valence electrons. The molecule has 0 saturated heterocycles. The largest absolute Gasteiger partial charge is 0.377 e. The molecule has 0 fully saturated rings. The Balaban J connectivity index is 1.59. The second-order valence-electron chi connectivity index (χ2n) is 6.25. The number of aromatic nitrogens is 3. The first-order chi connectivity index (χ1) is 13.1. The summed E-state index contributed by atoms with van der Waals surface area (Å²) in [6.07, 6.45) is 1.72. The summed E-state index contributed by atoms with van der Waals surface area (Å²) in [5.41, 5.74) is 0.702. The molecule has 1 aliphatic rings. The van der Waals surface area contributed by atoms with Crippen LogP contribution in [-0.2, 0) is 30.9 Å². The molecule has 0 bridgehead atoms. The summed E-state index contributed by atoms with van der Waals surface area (Å²) >= 11 is 0. The maximum absolute atomic E-state index is 11.1. The maximum Gasteiger partial charge on any atom is 0.274 e. The highest BCUT2D eigenvalue weighted by Crippen LogP contribution is 2.17. The van der Waals surface area contributed by atoms with Crippen LogP contribution in [0, 0.1) is 10.1 Å². The second kappa shape index (κ2) is 8.58. The monoisotopic (exact) mass is 373 g/mol. The molecule has 1 atom stereocenters. The fourth-order valence-corrected chi connectivity index (χ4v) is 3.07. The van der Waals surface area contributed by atoms with Crippen LogP contribution in [0.1, 0.15) is 23.6 Å². The minimum Gasteiger partial charge on any atom is -0.377 e. The van der Waals surface area contributed by atoms with Crippen LogP contribution in [0.3, 0.4) is 0 Å². The van der Waals surface area contributed by atoms with Crippen molar-refractivity contribution in [3.05, 3.63) is 51.6 Å². The molecular weight excluding hydrogens is 350 g/mol. The number of benzene rings is 1. The Labute approximate surface area is 156 Å². The average molecular weight is 373 g/mol. The smallest absolute Gasteiger partial charge is 0.274 e. The van der Waals surface area contributed by atoms with E-state index in [1.165, 1.54) is 6.07 Å². The van der Waals surface area contributed by atoms with E-state index in [2.05, 4.69) is 25.7 Å². The Morgan fingerprint density at radius 2 is 2.30 bits per heavy atom. The Hall–Kier alpha value is -3.01. The molecule has 0 radical (unpaired) electrons. The van der Waals surface area contributed by atoms with Gasteiger partial charge < -0.3 is 15.4 Å². The van der Waals surface area contributed by atoms with Crippen LogP contribution < -0.4 is 10.6 Å². The highest BCUT2D eigenvalue weighted by Gasteiger charge is 2.22. The number of rotatable bonds is 6. The number of nitro groups is 1. The van der Waals surface area contributed by atoms with E-state index in [0.717, 1.165) is 18.7 Å². The Morgan fingerprint density at radius 1 is 1.48 bits per heavy atom. The molecule has 10 nitrogen and oxygen atoms in total. The fourth-order valence-electron chi connectivity index (χ4n) is 3.07. The summed E-state index contributed by atoms with van der Waals surface area (Å²) in [6.45, 7) is 1.39. The highest BCUT2D eigenvalue weighted by molar-refractivity contribution is 5.80. The first-order valence-corrected chi connectivity index (χ1v) is 8.71. The molecule has 0 amide bonds. The Kier molecular flexibility index (Phi) is 5.97. The van der Waals surface area contributed by atoms with E-state index in [1.807, 2.05) is 4.68 Å². The third kappa shape index (κ3) is 4.59. The van der Waals surface area contributed by atoms with Crippen LogP contribution in [0.25, 0.3) is 0 Å². The number of nitrogens with zero attached hydrogens (tertiary/aromatic N) is 5. The summed E-state index contributed by atoms with van der Waals surface area (Å²) in [5, 5.41) is 22.1. The van der Waals surface area contributed by atoms with Crippen LogP contribution in [0.15, 0.2) is 29.3 Å². The molecule has 1 aliphatic heterocycles. The first kappa shape index (κ1) is 18.8. The van der Waals surface area contributed by atoms with Crippen LogP contribution in [0.4, 0.5) is 5.69 Å². The van der Waals surface area contributed by atoms with Gasteiger partial charge in [0, 0.05) is 44.8 Å². The van der Waals surface area contributed by atoms with Crippen molar-refractivity contribution in [3.63, 3.8) is 0 Å². The Bertz CT molecular complexity index is 834. The van der Waals surface area contributed by atoms with Crippen molar-refractivity contribution >= 4 is 11.6 Å². The molecule has 1 aromatic heterocycles. The molecule has 0 aliphatic carbocycles. The van der Waals surface area contributed by atoms with Crippen LogP contribution in [0.2, 0.25) is 0 Å². The van der Waals surface area contributed by atoms with Gasteiger partial charge in [0.15, 0.2) is 11.8 Å². The van der Waals surface area contributed by atoms with Crippen molar-refractivity contribution in [2.75, 3.05) is 14.2 Å². The summed E-state index contributed by atoms with van der Waals surface area (Å²) in [5.74, 6) is 2.24. The minimum absolute atomic E-state index is 0.0936. The van der Waals surface area contributed by atoms with E-state index in [0.29, 0.717) is 37.0 Å². The first-order valence-electron chi connectivity index (χ1n) is 8.71. The molecule has 0 spiro atoms. The van der Waals surface area contributed by atoms with E-state index < -0.39 is 0 Å². The van der Waals surface area contributed by atoms with Gasteiger partial charge in [0.25, 0.3) is 5.69 Å². The predicted molar refractivity (Wildman–Crippen MR) is 99.3 cm³/mol. The Morgan fingerprint density at radius 3 is 3.04 bits per heavy atom. The number of hydrogen-bond donors (Lipinski definition) is 2. The van der Waals surface area contributed by atoms with E-state index in [1.54, 1.807) is 32.4 Å². The molecule has 1 unspecified atom stereocenters. The van der Waals surface area contributed by atoms with E-state index in [-0.39, 0.29) is 16.7 Å². The van der Waals surface area contributed by atoms with Gasteiger partial charge in [-0.25, -0.2) is 9.67 Å². The van der Waals surface area contributed by atoms with Gasteiger partial charge in [0.1, 0.15) is 12.4 Å². The summed E-state index contributed by atoms with van der Waals surface area (Å²) in [4.78, 5) is 19.4. The predicted octanol–water partition coefficient (Wildman–Crippen LogP) is 1.01. The minimum atomic E-state index is -0.377. The molecule has 3 rings (SSSR count). The van der Waals surface area contributed by atoms with E-state index in [4.69, 9.17) is 4.74 Å². The van der Waals surface area contributed by atoms with Crippen molar-refractivity contribution in [3.8, 4) is 0 Å². The summed E-state index contributed by atoms with van der Waals surface area (Å²) < 4.78 is 6.98. The zero-order chi connectivity index (χ0) is 19.2. The lowest BCUT2D eigenvalue weighted by atomic mass is 10.1. The van der Waals surface area contributed by atoms with Gasteiger partial charge in [-0.1, -0.05) is 18.2 Å². The number of guanidine groups is 1. The SMILES string of the molecule is CN=C(NCc1ccccc1[N+](=O)[O-])NC1CCc2nc(COC)nn2C1. The number of methoxy groups -OCH3 is 1. The normalized spacial score (nSPS) is 16.7. The molecule has 10 heteroatoms. The summed E-state index contributed by atoms with van der Waals surface area (Å²) in [7, 11) is 3.30. The third-order valence-corrected chi connectivity index (χ3v) is 4.37. The molecule has 2 aromatic rings. The number of ether oxygens (including phenoxy) is 1. The lowest BCUT2D eigenvalue weighted by Crippen LogP contribution is -2.46. The van der Waals surface area contributed by atoms with Crippen LogP contribution in [0.5, 0.6) is 0 Å². The number of aryl methyl sites for hydroxylation is 1. The zero-order valence-electron chi connectivity index (χ0n) is 15.4. The van der Waals surface area contributed by atoms with Crippen molar-refractivity contribution in [2.24, 2.45) is 4.99 Å². The van der Waals surface area contributed by atoms with Crippen molar-refractivity contribution in [1.29, 1.82) is 0 Å². The number of hydrogen-bond acceptors (Lipinski definition) is 6. The topological polar surface area (TPSA) is 120 Å². The fraction of sp³-hybridized carbons (Fsp3) is 0.471. The van der Waals surface area contributed by atoms with Gasteiger partial charge in [-0.15, -0.1) is 0 Å². The number of para-hydroxylation sites is 1. The summed E-state index contributed by atoms with van der Waals surface area (Å²) in [6, 6.07) is 6.82. The molecule has 1 aromatic carbocycles. The quantitative estimate of drug-likeness (QED) is 0.336. The third-order valence-electron chi connectivity index (χ3n) is 4.37. The van der Waals surface area contributed by atoms with Crippen molar-refractivity contribution in [2.45, 2.75) is 38.6 Å². The molecule has 2 N–H and O–H groups in total. The standard InChI is InChI=1S/C17H23N7O3/c1-18-17(19-9-12-5-3-4-6-14(12)24(25)26)20-13-7-8-16-21-15(11-27-2)22-23(16)10-13/h3-6,13H,7-11H2,1-2H3,(H2,18,19,20). The van der Waals surface area contributed by atoms with Crippen LogP contribution >= 0.6 is 0 Å². The maximum atomic E-state index is 11.1. The van der Waals surface area contributed by atoms with Crippen molar-refractivity contribution in [1.82, 2.24) is 25.4 Å². The number of nitro benzene ring substituents is 1. The van der Waals surface area contributed by atoms with Gasteiger partial charge in [-0.05, 0) is 6.42 Å². The number of nitrogens with one attached hydrogen (secondary N) is 2. The molecule has 27 heavy (non-hydrogen) atoms. The van der Waals surface area contributed by atoms with Gasteiger partial charge >= 0.3 is 0 Å². The van der Waals surface area contributed by atoms with Gasteiger partial charge in [0.05, 0.1) is 11.5 Å². The van der Waals surface area contributed by atoms with Gasteiger partial charge in [0.2, 0.25) is 0 Å². The second-order valence-corrected chi connectivity index (χ2v) is 6.25. The van der Waals surface area contributed by atoms with Crippen LogP contribution in [-0.4, -0.2) is 45.8 Å². The van der Waals surface area contributed by atoms with Gasteiger partial charge in [-0.2, -0.15) is 5.10 Å². The molecular formula is C17H23N7O3. The lowest BCUT2D eigenvalue weighted by molar-refractivity contribution is -0.385. The number of aliphatic imine (C=N–C) groups is 1. The molecule has 0 saturated carbocycles. The van der Waals surface area contributed by atoms with Crippen molar-refractivity contribution < 1.29 is 9.66 Å². The lowest BCUT2D eigenvalue weighted by Gasteiger charge is -2.25. The zero-order valence-corrected chi connectivity index (χ0v) is 15.4. The van der Waals surface area contributed by atoms with Gasteiger partial charge in [-0.3, -0.25) is 15.1 Å². The average Bonchev–Trinajstić information content (AvgIpc) is 3.07.